The third-order valence-electron chi connectivity index (χ3n) is 24.2. The Hall–Kier alpha value is -5.15. The average molecular weight is 1560 g/mol. The zero-order valence-corrected chi connectivity index (χ0v) is 63.0. The van der Waals surface area contributed by atoms with Crippen LogP contribution in [-0.2, 0) is 71.7 Å². The first-order valence-electron chi connectivity index (χ1n) is 38.7. The van der Waals surface area contributed by atoms with E-state index < -0.39 is 17.9 Å². The van der Waals surface area contributed by atoms with Crippen LogP contribution in [0.2, 0.25) is 0 Å². The van der Waals surface area contributed by atoms with Crippen molar-refractivity contribution in [2.75, 3.05) is 35.5 Å². The summed E-state index contributed by atoms with van der Waals surface area (Å²) in [6.07, 6.45) is 35.5. The molecule has 0 aliphatic heterocycles. The van der Waals surface area contributed by atoms with Gasteiger partial charge in [-0.2, -0.15) is 0 Å². The van der Waals surface area contributed by atoms with E-state index in [1.54, 1.807) is 6.92 Å². The lowest BCUT2D eigenvalue weighted by atomic mass is 9.90. The standard InChI is InChI=1S/C16H24O4.C16H26O3.C14H23NO3.C9H16O2.2C8H14O2.C7H13NO2.CH4O.8CH4.6H2/c1-10(17)6-11-2-4-13(7-11)15(18)9-12-3-5-14(8-12)16(19)20;1-3-11-4-6-13(8-11)15(17)10-12-5-7-14(9-12)16(18)19-2;1-18-14(17)11-3-2-9(6-11)7-13(16)10-4-5-12(15)8-10;1-3-7-4-5-8(6-7)9(10)11-2;2*1-2-6-3-4-7(5-6)8(9)10;1-10-7(9)5-2-3-6(8)4-5;1-2;;;;;;;;;;;;;;/h11-14H,2-9H2,1H3,(H,19,20);11-14H,3-10H2,1-2H3;9-12H,2-8,15H2,1H3;7-8H,3-6H2,1-2H3;2*6-7H,2-5H2,1H3,(H,9,10);5-6H,2-4,8H2,1H3;2H,1H3;8*1H4;6*1H/p+1/i;;;;;;;;;;;;;;;;6*1+1. The van der Waals surface area contributed by atoms with Crippen LogP contribution in [0.5, 0.6) is 0 Å². The molecule has 10 rings (SSSR count). The van der Waals surface area contributed by atoms with Gasteiger partial charge in [-0.3, -0.25) is 47.9 Å². The van der Waals surface area contributed by atoms with Crippen molar-refractivity contribution in [3.05, 3.63) is 0 Å². The molecule has 0 saturated heterocycles. The number of esters is 4. The minimum absolute atomic E-state index is 0. The molecule has 0 radical (unpaired) electrons. The Balaban J connectivity index is -0.0000000951. The number of hydrogen-bond donors (Lipinski definition) is 6. The Morgan fingerprint density at radius 3 is 0.685 bits per heavy atom. The fraction of sp³-hybridized carbons (Fsp3) is 0.874. The van der Waals surface area contributed by atoms with Gasteiger partial charge in [-0.1, -0.05) is 113 Å². The summed E-state index contributed by atoms with van der Waals surface area (Å²) in [6.45, 7) is 10.3. The van der Waals surface area contributed by atoms with Crippen LogP contribution in [0.1, 0.15) is 348 Å². The van der Waals surface area contributed by atoms with Gasteiger partial charge in [0.15, 0.2) is 0 Å². The average Bonchev–Trinajstić information content (AvgIpc) is 1.73. The van der Waals surface area contributed by atoms with Crippen LogP contribution in [0.25, 0.3) is 0 Å². The second-order valence-electron chi connectivity index (χ2n) is 31.2. The molecule has 20 atom stereocenters. The minimum Gasteiger partial charge on any atom is -0.481 e. The number of hydrogen-bond acceptors (Lipinski definition) is 18. The predicted octanol–water partition coefficient (Wildman–Crippen LogP) is 20.2. The molecule has 0 aromatic rings. The molecule has 10 aliphatic rings. The lowest BCUT2D eigenvalue weighted by molar-refractivity contribution is -0.146. The summed E-state index contributed by atoms with van der Waals surface area (Å²) in [6, 6.07) is 0.425. The Labute approximate surface area is 668 Å². The number of carboxylic acids is 3. The number of methoxy groups -OCH3 is 4. The molecular weight excluding hydrogens is 1380 g/mol. The molecule has 0 aromatic carbocycles. The van der Waals surface area contributed by atoms with Crippen LogP contribution in [0, 0.1) is 107 Å². The molecule has 20 unspecified atom stereocenters. The van der Waals surface area contributed by atoms with E-state index >= 15 is 0 Å². The molecule has 108 heavy (non-hydrogen) atoms. The van der Waals surface area contributed by atoms with E-state index in [4.69, 9.17) is 41.4 Å². The van der Waals surface area contributed by atoms with E-state index in [9.17, 15) is 52.7 Å². The van der Waals surface area contributed by atoms with Crippen LogP contribution in [0.15, 0.2) is 0 Å². The summed E-state index contributed by atoms with van der Waals surface area (Å²) in [5.74, 6) is 3.99. The van der Waals surface area contributed by atoms with Gasteiger partial charge < -0.3 is 55.6 Å². The molecule has 10 fully saturated rings. The van der Waals surface area contributed by atoms with E-state index in [0.29, 0.717) is 91.4 Å². The van der Waals surface area contributed by atoms with Crippen LogP contribution in [0.3, 0.4) is 0 Å². The van der Waals surface area contributed by atoms with Gasteiger partial charge in [0.05, 0.1) is 69.9 Å². The van der Waals surface area contributed by atoms with Crippen molar-refractivity contribution in [3.63, 3.8) is 0 Å². The lowest BCUT2D eigenvalue weighted by Gasteiger charge is -2.13. The Kier molecular flexibility index (Phi) is 64.7. The smallest absolute Gasteiger partial charge is 0.481 e. The molecule has 21 nitrogen and oxygen atoms in total. The van der Waals surface area contributed by atoms with Gasteiger partial charge in [0.1, 0.15) is 23.1 Å². The monoisotopic (exact) mass is 1560 g/mol. The first-order valence-corrected chi connectivity index (χ1v) is 38.7. The Bertz CT molecular complexity index is 2530. The first kappa shape index (κ1) is 114. The summed E-state index contributed by atoms with van der Waals surface area (Å²) in [7, 11) is 6.78. The molecule has 0 aromatic heterocycles. The topological polar surface area (TPSA) is 358 Å². The van der Waals surface area contributed by atoms with Crippen LogP contribution >= 0.6 is 0 Å². The maximum Gasteiger partial charge on any atom is 1.00 e. The molecule has 10 saturated carbocycles. The minimum atomic E-state index is -0.720. The zero-order chi connectivity index (χ0) is 74.6. The summed E-state index contributed by atoms with van der Waals surface area (Å²) in [5.41, 5.74) is 11.4. The number of nitrogens with two attached hydrogens (primary N) is 2. The SMILES string of the molecule is C.C.C.C.C.C.C.C.CC(=O)CC1CCC(C(=O)CC2CCC(C(=O)O)C2)C1.CCC1CCC(C(=O)CC2CCC(C(=O)OC)C2)C1.CCC1CCC(C(=O)O)C1.CCC1CCC(C(=O)O)C1.CCC1CCC(C(=O)OC)C1.CO.COC(=O)C1CCC(CC(=O)C2CCC(N)C2)C1.COC(=O)C1CCC(N)C1.[2HH].[2HH].[2HH].[2HH].[2HH].[2HH].[H+]. The van der Waals surface area contributed by atoms with Crippen molar-refractivity contribution in [2.24, 2.45) is 118 Å². The molecule has 0 heterocycles. The zero-order valence-electron chi connectivity index (χ0n) is 64.0. The largest absolute Gasteiger partial charge is 1.00 e. The van der Waals surface area contributed by atoms with Gasteiger partial charge in [-0.15, -0.1) is 0 Å². The highest BCUT2D eigenvalue weighted by Crippen LogP contribution is 2.42. The molecule has 10 aliphatic carbocycles. The fourth-order valence-corrected chi connectivity index (χ4v) is 17.7. The van der Waals surface area contributed by atoms with Gasteiger partial charge in [0.2, 0.25) is 0 Å². The molecule has 8 N–H and O–H groups in total. The van der Waals surface area contributed by atoms with Crippen molar-refractivity contribution in [2.45, 2.75) is 350 Å². The third-order valence-corrected chi connectivity index (χ3v) is 24.2. The van der Waals surface area contributed by atoms with Crippen molar-refractivity contribution in [3.8, 4) is 0 Å². The number of ketones is 4. The molecule has 650 valence electrons. The first-order chi connectivity index (χ1) is 47.7. The van der Waals surface area contributed by atoms with Crippen LogP contribution in [0.4, 0.5) is 0 Å². The van der Waals surface area contributed by atoms with Crippen LogP contribution < -0.4 is 11.5 Å². The number of ether oxygens (including phenoxy) is 4. The number of Topliss-reactive ketones (excluding diaryl/α,β-unsaturated/α-hetero) is 4. The highest BCUT2D eigenvalue weighted by Gasteiger charge is 2.39. The predicted molar refractivity (Wildman–Crippen MR) is 449 cm³/mol. The van der Waals surface area contributed by atoms with E-state index in [1.165, 1.54) is 54.1 Å². The number of carbonyl (C=O) groups excluding carboxylic acids is 8. The molecule has 21 heteroatoms. The summed E-state index contributed by atoms with van der Waals surface area (Å²) in [4.78, 5) is 124. The molecule has 0 spiro atoms. The third kappa shape index (κ3) is 40.9. The van der Waals surface area contributed by atoms with E-state index in [-0.39, 0.29) is 170 Å². The quantitative estimate of drug-likeness (QED) is 0.0433. The van der Waals surface area contributed by atoms with Crippen molar-refractivity contribution < 1.29 is 102 Å². The van der Waals surface area contributed by atoms with Gasteiger partial charge in [-0.25, -0.2) is 0 Å². The number of aliphatic hydroxyl groups is 1. The highest BCUT2D eigenvalue weighted by molar-refractivity contribution is 5.83. The summed E-state index contributed by atoms with van der Waals surface area (Å²) in [5, 5.41) is 33.2. The normalized spacial score (nSPS) is 30.3. The van der Waals surface area contributed by atoms with Gasteiger partial charge in [0, 0.05) is 71.2 Å². The van der Waals surface area contributed by atoms with Crippen molar-refractivity contribution >= 4 is 64.9 Å². The van der Waals surface area contributed by atoms with E-state index in [2.05, 4.69) is 37.2 Å². The maximum atomic E-state index is 12.3. The van der Waals surface area contributed by atoms with Gasteiger partial charge in [-0.05, 0) is 247 Å². The van der Waals surface area contributed by atoms with Crippen LogP contribution in [-0.4, -0.2) is 133 Å². The van der Waals surface area contributed by atoms with Gasteiger partial charge >= 0.3 is 43.2 Å². The number of carboxylic acid groups (broad SMARTS) is 3. The summed E-state index contributed by atoms with van der Waals surface area (Å²) >= 11 is 0. The second kappa shape index (κ2) is 61.4. The lowest BCUT2D eigenvalue weighted by Crippen LogP contribution is -2.19. The molecular formula is C87H179N2O19+. The van der Waals surface area contributed by atoms with Crippen molar-refractivity contribution in [1.29, 1.82) is 0 Å². The number of rotatable bonds is 22. The molecule has 0 bridgehead atoms. The van der Waals surface area contributed by atoms with E-state index in [0.717, 1.165) is 199 Å². The maximum absolute atomic E-state index is 12.3. The fourth-order valence-electron chi connectivity index (χ4n) is 17.7. The van der Waals surface area contributed by atoms with Gasteiger partial charge in [0.25, 0.3) is 0 Å². The number of carbonyl (C=O) groups is 11. The van der Waals surface area contributed by atoms with E-state index in [1.807, 2.05) is 0 Å². The highest BCUT2D eigenvalue weighted by atomic mass is 16.5. The molecule has 0 amide bonds. The number of aliphatic carboxylic acids is 3. The Morgan fingerprint density at radius 1 is 0.287 bits per heavy atom. The van der Waals surface area contributed by atoms with Crippen molar-refractivity contribution in [1.82, 2.24) is 0 Å². The summed E-state index contributed by atoms with van der Waals surface area (Å²) < 4.78 is 18.8. The Morgan fingerprint density at radius 2 is 0.463 bits per heavy atom. The number of aliphatic hydroxyl groups excluding tert-OH is 1. The second-order valence-corrected chi connectivity index (χ2v) is 31.2.